The lowest BCUT2D eigenvalue weighted by Crippen LogP contribution is -2.31. The van der Waals surface area contributed by atoms with Gasteiger partial charge in [0, 0.05) is 30.1 Å². The molecule has 1 aliphatic heterocycles. The molecule has 2 aromatic rings. The van der Waals surface area contributed by atoms with Gasteiger partial charge in [-0.25, -0.2) is 4.79 Å². The largest absolute Gasteiger partial charge is 0.462 e. The number of fused-ring (bicyclic) bond motifs is 1. The maximum Gasteiger partial charge on any atom is 0.340 e. The molecule has 0 radical (unpaired) electrons. The first-order valence-corrected chi connectivity index (χ1v) is 11.2. The Hall–Kier alpha value is -3.39. The van der Waals surface area contributed by atoms with E-state index in [0.29, 0.717) is 47.8 Å². The van der Waals surface area contributed by atoms with E-state index in [1.807, 2.05) is 32.9 Å². The first-order valence-electron chi connectivity index (χ1n) is 11.2. The summed E-state index contributed by atoms with van der Waals surface area (Å²) in [6, 6.07) is 7.18. The highest BCUT2D eigenvalue weighted by Crippen LogP contribution is 2.35. The number of aromatic amines is 1. The van der Waals surface area contributed by atoms with E-state index in [0.717, 1.165) is 17.7 Å². The molecule has 1 aliphatic rings. The van der Waals surface area contributed by atoms with Gasteiger partial charge < -0.3 is 25.1 Å². The molecule has 0 saturated heterocycles. The standard InChI is InChI=1S/C25H31N3O5/c1-5-10-32-11-9-26-23(29)16(4)17-7-8-21-18(13-17)19(24(30)28-21)14-22-20(12-15(3)27-22)25(31)33-6-2/h7-8,12-14,16,27H,5-6,9-11H2,1-4H3,(H,26,29)(H,28,30)/b19-14-/t16-/m0/s1. The third-order valence-electron chi connectivity index (χ3n) is 5.38. The molecular formula is C25H31N3O5. The Bertz CT molecular complexity index is 1070. The molecule has 1 aromatic carbocycles. The van der Waals surface area contributed by atoms with Gasteiger partial charge in [0.05, 0.1) is 36.0 Å². The fraction of sp³-hybridized carbons (Fsp3) is 0.400. The van der Waals surface area contributed by atoms with Crippen molar-refractivity contribution >= 4 is 35.1 Å². The van der Waals surface area contributed by atoms with E-state index in [4.69, 9.17) is 9.47 Å². The average molecular weight is 454 g/mol. The van der Waals surface area contributed by atoms with Crippen molar-refractivity contribution in [1.29, 1.82) is 0 Å². The molecule has 1 atom stereocenters. The van der Waals surface area contributed by atoms with E-state index in [9.17, 15) is 14.4 Å². The van der Waals surface area contributed by atoms with Crippen LogP contribution in [0.25, 0.3) is 11.6 Å². The van der Waals surface area contributed by atoms with Gasteiger partial charge in [0.2, 0.25) is 5.91 Å². The number of aryl methyl sites for hydroxylation is 1. The Labute approximate surface area is 193 Å². The van der Waals surface area contributed by atoms with E-state index < -0.39 is 11.9 Å². The smallest absolute Gasteiger partial charge is 0.340 e. The molecule has 2 heterocycles. The zero-order chi connectivity index (χ0) is 24.0. The number of amides is 2. The SMILES string of the molecule is CCCOCCNC(=O)[C@@H](C)c1ccc2c(c1)/C(=C/c1[nH]c(C)cc1C(=O)OCC)C(=O)N2. The minimum absolute atomic E-state index is 0.109. The van der Waals surface area contributed by atoms with Gasteiger partial charge in [-0.05, 0) is 57.0 Å². The number of carbonyl (C=O) groups excluding carboxylic acids is 3. The van der Waals surface area contributed by atoms with Gasteiger partial charge in [-0.2, -0.15) is 0 Å². The fourth-order valence-electron chi connectivity index (χ4n) is 3.66. The summed E-state index contributed by atoms with van der Waals surface area (Å²) in [5.74, 6) is -1.23. The number of hydrogen-bond acceptors (Lipinski definition) is 5. The van der Waals surface area contributed by atoms with Crippen molar-refractivity contribution in [3.63, 3.8) is 0 Å². The van der Waals surface area contributed by atoms with Gasteiger partial charge in [0.1, 0.15) is 0 Å². The lowest BCUT2D eigenvalue weighted by molar-refractivity contribution is -0.122. The topological polar surface area (TPSA) is 110 Å². The van der Waals surface area contributed by atoms with Gasteiger partial charge in [0.15, 0.2) is 0 Å². The highest BCUT2D eigenvalue weighted by molar-refractivity contribution is 6.35. The molecule has 0 spiro atoms. The molecular weight excluding hydrogens is 422 g/mol. The van der Waals surface area contributed by atoms with E-state index in [1.165, 1.54) is 0 Å². The highest BCUT2D eigenvalue weighted by atomic mass is 16.5. The van der Waals surface area contributed by atoms with E-state index in [1.54, 1.807) is 25.1 Å². The van der Waals surface area contributed by atoms with Crippen molar-refractivity contribution in [3.05, 3.63) is 52.3 Å². The quantitative estimate of drug-likeness (QED) is 0.289. The highest BCUT2D eigenvalue weighted by Gasteiger charge is 2.27. The van der Waals surface area contributed by atoms with Crippen LogP contribution in [0.3, 0.4) is 0 Å². The number of esters is 1. The average Bonchev–Trinajstić information content (AvgIpc) is 3.32. The third-order valence-corrected chi connectivity index (χ3v) is 5.38. The second-order valence-corrected chi connectivity index (χ2v) is 7.94. The molecule has 3 N–H and O–H groups in total. The van der Waals surface area contributed by atoms with Crippen LogP contribution in [0.5, 0.6) is 0 Å². The summed E-state index contributed by atoms with van der Waals surface area (Å²) in [4.78, 5) is 40.7. The number of benzene rings is 1. The van der Waals surface area contributed by atoms with E-state index in [2.05, 4.69) is 15.6 Å². The van der Waals surface area contributed by atoms with Gasteiger partial charge >= 0.3 is 5.97 Å². The van der Waals surface area contributed by atoms with Crippen LogP contribution in [0.1, 0.15) is 66.0 Å². The summed E-state index contributed by atoms with van der Waals surface area (Å²) >= 11 is 0. The fourth-order valence-corrected chi connectivity index (χ4v) is 3.66. The van der Waals surface area contributed by atoms with Crippen LogP contribution in [-0.2, 0) is 19.1 Å². The second-order valence-electron chi connectivity index (χ2n) is 7.94. The molecule has 8 nitrogen and oxygen atoms in total. The predicted molar refractivity (Wildman–Crippen MR) is 127 cm³/mol. The summed E-state index contributed by atoms with van der Waals surface area (Å²) in [7, 11) is 0. The van der Waals surface area contributed by atoms with Gasteiger partial charge in [0.25, 0.3) is 5.91 Å². The van der Waals surface area contributed by atoms with Crippen molar-refractivity contribution in [3.8, 4) is 0 Å². The molecule has 0 unspecified atom stereocenters. The van der Waals surface area contributed by atoms with Gasteiger partial charge in [-0.3, -0.25) is 9.59 Å². The Morgan fingerprint density at radius 2 is 1.97 bits per heavy atom. The van der Waals surface area contributed by atoms with E-state index in [-0.39, 0.29) is 18.4 Å². The van der Waals surface area contributed by atoms with Gasteiger partial charge in [-0.1, -0.05) is 13.0 Å². The Balaban J connectivity index is 1.83. The molecule has 1 aromatic heterocycles. The summed E-state index contributed by atoms with van der Waals surface area (Å²) in [5.41, 5.74) is 4.22. The maximum atomic E-state index is 12.7. The molecule has 3 rings (SSSR count). The summed E-state index contributed by atoms with van der Waals surface area (Å²) < 4.78 is 10.5. The predicted octanol–water partition coefficient (Wildman–Crippen LogP) is 3.64. The van der Waals surface area contributed by atoms with Crippen LogP contribution in [0.4, 0.5) is 5.69 Å². The molecule has 0 fully saturated rings. The number of H-pyrrole nitrogens is 1. The third kappa shape index (κ3) is 5.70. The zero-order valence-electron chi connectivity index (χ0n) is 19.5. The van der Waals surface area contributed by atoms with Crippen LogP contribution < -0.4 is 10.6 Å². The summed E-state index contributed by atoms with van der Waals surface area (Å²) in [6.45, 7) is 9.28. The monoisotopic (exact) mass is 453 g/mol. The number of ether oxygens (including phenoxy) is 2. The number of hydrogen-bond donors (Lipinski definition) is 3. The molecule has 0 saturated carbocycles. The van der Waals surface area contributed by atoms with E-state index >= 15 is 0 Å². The first kappa shape index (κ1) is 24.3. The number of nitrogens with one attached hydrogen (secondary N) is 3. The Morgan fingerprint density at radius 3 is 2.70 bits per heavy atom. The molecule has 33 heavy (non-hydrogen) atoms. The van der Waals surface area contributed by atoms with Gasteiger partial charge in [-0.15, -0.1) is 0 Å². The number of aromatic nitrogens is 1. The molecule has 176 valence electrons. The minimum atomic E-state index is -0.450. The molecule has 0 bridgehead atoms. The van der Waals surface area contributed by atoms with Crippen LogP contribution >= 0.6 is 0 Å². The van der Waals surface area contributed by atoms with Crippen LogP contribution in [0.15, 0.2) is 24.3 Å². The van der Waals surface area contributed by atoms with Crippen molar-refractivity contribution in [2.24, 2.45) is 0 Å². The first-order chi connectivity index (χ1) is 15.8. The van der Waals surface area contributed by atoms with Crippen molar-refractivity contribution in [2.75, 3.05) is 31.7 Å². The van der Waals surface area contributed by atoms with Crippen LogP contribution in [0, 0.1) is 6.92 Å². The zero-order valence-corrected chi connectivity index (χ0v) is 19.5. The normalized spacial score (nSPS) is 14.7. The molecule has 8 heteroatoms. The summed E-state index contributed by atoms with van der Waals surface area (Å²) in [5, 5.41) is 5.73. The lowest BCUT2D eigenvalue weighted by Gasteiger charge is -2.14. The lowest BCUT2D eigenvalue weighted by atomic mass is 9.95. The van der Waals surface area contributed by atoms with Crippen LogP contribution in [-0.4, -0.2) is 49.1 Å². The molecule has 2 amide bonds. The van der Waals surface area contributed by atoms with Crippen molar-refractivity contribution < 1.29 is 23.9 Å². The second kappa shape index (κ2) is 11.0. The number of rotatable bonds is 10. The Kier molecular flexibility index (Phi) is 8.06. The summed E-state index contributed by atoms with van der Waals surface area (Å²) in [6.07, 6.45) is 2.59. The Morgan fingerprint density at radius 1 is 1.18 bits per heavy atom. The van der Waals surface area contributed by atoms with Crippen molar-refractivity contribution in [1.82, 2.24) is 10.3 Å². The number of anilines is 1. The maximum absolute atomic E-state index is 12.7. The minimum Gasteiger partial charge on any atom is -0.462 e. The number of carbonyl (C=O) groups is 3. The molecule has 0 aliphatic carbocycles. The van der Waals surface area contributed by atoms with Crippen molar-refractivity contribution in [2.45, 2.75) is 40.0 Å². The van der Waals surface area contributed by atoms with Crippen LogP contribution in [0.2, 0.25) is 0 Å².